The van der Waals surface area contributed by atoms with Gasteiger partial charge >= 0.3 is 5.97 Å². The molecule has 0 aromatic carbocycles. The van der Waals surface area contributed by atoms with Crippen LogP contribution in [0.2, 0.25) is 0 Å². The highest BCUT2D eigenvalue weighted by atomic mass is 32.2. The van der Waals surface area contributed by atoms with Gasteiger partial charge in [0.2, 0.25) is 10.0 Å². The molecule has 1 rings (SSSR count). The lowest BCUT2D eigenvalue weighted by atomic mass is 9.78. The maximum atomic E-state index is 11.6. The Morgan fingerprint density at radius 1 is 1.42 bits per heavy atom. The largest absolute Gasteiger partial charge is 0.468 e. The van der Waals surface area contributed by atoms with E-state index < -0.39 is 27.3 Å². The lowest BCUT2D eigenvalue weighted by Gasteiger charge is -2.35. The fraction of sp³-hybridized carbons (Fsp3) is 0.917. The third kappa shape index (κ3) is 5.46. The Balaban J connectivity index is 2.45. The van der Waals surface area contributed by atoms with Crippen molar-refractivity contribution in [2.45, 2.75) is 44.6 Å². The molecule has 0 unspecified atom stereocenters. The first-order valence-electron chi connectivity index (χ1n) is 6.57. The summed E-state index contributed by atoms with van der Waals surface area (Å²) in [6.07, 6.45) is 4.08. The zero-order valence-electron chi connectivity index (χ0n) is 11.5. The van der Waals surface area contributed by atoms with Crippen LogP contribution in [0.1, 0.15) is 39.0 Å². The van der Waals surface area contributed by atoms with Crippen LogP contribution in [0.5, 0.6) is 0 Å². The summed E-state index contributed by atoms with van der Waals surface area (Å²) >= 11 is 0. The molecule has 0 heterocycles. The van der Waals surface area contributed by atoms with Gasteiger partial charge in [0.1, 0.15) is 0 Å². The predicted octanol–water partition coefficient (Wildman–Crippen LogP) is 0.410. The van der Waals surface area contributed by atoms with Crippen molar-refractivity contribution in [3.05, 3.63) is 0 Å². The first-order chi connectivity index (χ1) is 8.80. The van der Waals surface area contributed by atoms with Gasteiger partial charge in [-0.3, -0.25) is 4.79 Å². The van der Waals surface area contributed by atoms with Gasteiger partial charge in [-0.1, -0.05) is 13.3 Å². The number of hydrogen-bond acceptors (Lipinski definition) is 5. The van der Waals surface area contributed by atoms with Gasteiger partial charge in [-0.15, -0.1) is 0 Å². The number of nitrogens with one attached hydrogen (secondary N) is 1. The summed E-state index contributed by atoms with van der Waals surface area (Å²) in [6, 6.07) is 0. The van der Waals surface area contributed by atoms with E-state index in [1.807, 2.05) is 0 Å². The van der Waals surface area contributed by atoms with E-state index >= 15 is 0 Å². The van der Waals surface area contributed by atoms with E-state index in [0.29, 0.717) is 18.8 Å². The second kappa shape index (κ2) is 6.67. The summed E-state index contributed by atoms with van der Waals surface area (Å²) in [4.78, 5) is 10.9. The summed E-state index contributed by atoms with van der Waals surface area (Å²) < 4.78 is 29.8. The first kappa shape index (κ1) is 16.4. The first-order valence-corrected chi connectivity index (χ1v) is 8.22. The quantitative estimate of drug-likeness (QED) is 0.692. The van der Waals surface area contributed by atoms with Crippen LogP contribution in [0.25, 0.3) is 0 Å². The fourth-order valence-corrected chi connectivity index (χ4v) is 3.33. The molecule has 1 saturated carbocycles. The molecule has 6 nitrogen and oxygen atoms in total. The van der Waals surface area contributed by atoms with Crippen LogP contribution in [-0.4, -0.2) is 44.5 Å². The van der Waals surface area contributed by atoms with E-state index in [0.717, 1.165) is 26.4 Å². The van der Waals surface area contributed by atoms with E-state index in [1.165, 1.54) is 0 Å². The Labute approximate surface area is 114 Å². The Kier molecular flexibility index (Phi) is 5.76. The molecule has 112 valence electrons. The number of ether oxygens (including phenoxy) is 1. The Morgan fingerprint density at radius 2 is 2.00 bits per heavy atom. The molecule has 1 fully saturated rings. The van der Waals surface area contributed by atoms with Crippen molar-refractivity contribution in [1.29, 1.82) is 0 Å². The van der Waals surface area contributed by atoms with Crippen LogP contribution in [-0.2, 0) is 19.6 Å². The minimum atomic E-state index is -3.73. The zero-order chi connectivity index (χ0) is 14.5. The number of hydrogen-bond donors (Lipinski definition) is 2. The Morgan fingerprint density at radius 3 is 2.47 bits per heavy atom. The van der Waals surface area contributed by atoms with Gasteiger partial charge in [-0.2, -0.15) is 0 Å². The number of carbonyl (C=O) groups is 1. The molecular weight excluding hydrogens is 270 g/mol. The van der Waals surface area contributed by atoms with E-state index in [-0.39, 0.29) is 6.54 Å². The van der Waals surface area contributed by atoms with Gasteiger partial charge in [0.15, 0.2) is 5.75 Å². The standard InChI is InChI=1S/C12H23NO5S/c1-3-10-4-6-12(15,7-5-10)9-13-19(16,17)8-11(14)18-2/h10,13,15H,3-9H2,1-2H3. The van der Waals surface area contributed by atoms with Crippen molar-refractivity contribution in [2.75, 3.05) is 19.4 Å². The Bertz CT molecular complexity index is 398. The number of esters is 1. The van der Waals surface area contributed by atoms with Gasteiger partial charge in [0.25, 0.3) is 0 Å². The van der Waals surface area contributed by atoms with Crippen LogP contribution >= 0.6 is 0 Å². The molecule has 2 N–H and O–H groups in total. The molecule has 0 aliphatic heterocycles. The molecule has 1 aliphatic carbocycles. The molecule has 1 aliphatic rings. The zero-order valence-corrected chi connectivity index (χ0v) is 12.3. The van der Waals surface area contributed by atoms with Crippen molar-refractivity contribution in [3.8, 4) is 0 Å². The van der Waals surface area contributed by atoms with Crippen LogP contribution in [0, 0.1) is 5.92 Å². The van der Waals surface area contributed by atoms with E-state index in [4.69, 9.17) is 0 Å². The normalized spacial score (nSPS) is 28.1. The molecule has 0 spiro atoms. The molecule has 0 aromatic heterocycles. The van der Waals surface area contributed by atoms with E-state index in [2.05, 4.69) is 16.4 Å². The fourth-order valence-electron chi connectivity index (χ4n) is 2.31. The van der Waals surface area contributed by atoms with E-state index in [9.17, 15) is 18.3 Å². The summed E-state index contributed by atoms with van der Waals surface area (Å²) in [5.41, 5.74) is -0.991. The van der Waals surface area contributed by atoms with Crippen LogP contribution in [0.4, 0.5) is 0 Å². The Hall–Kier alpha value is -0.660. The number of methoxy groups -OCH3 is 1. The van der Waals surface area contributed by atoms with Gasteiger partial charge in [0.05, 0.1) is 12.7 Å². The summed E-state index contributed by atoms with van der Waals surface area (Å²) in [5, 5.41) is 10.3. The van der Waals surface area contributed by atoms with Crippen LogP contribution in [0.3, 0.4) is 0 Å². The highest BCUT2D eigenvalue weighted by Crippen LogP contribution is 2.33. The second-order valence-electron chi connectivity index (χ2n) is 5.23. The molecule has 0 bridgehead atoms. The smallest absolute Gasteiger partial charge is 0.322 e. The molecule has 0 amide bonds. The maximum absolute atomic E-state index is 11.6. The third-order valence-electron chi connectivity index (χ3n) is 3.77. The van der Waals surface area contributed by atoms with Crippen LogP contribution in [0.15, 0.2) is 0 Å². The lowest BCUT2D eigenvalue weighted by Crippen LogP contribution is -2.46. The van der Waals surface area contributed by atoms with Gasteiger partial charge < -0.3 is 9.84 Å². The molecule has 0 radical (unpaired) electrons. The summed E-state index contributed by atoms with van der Waals surface area (Å²) in [5.74, 6) is -0.905. The molecular formula is C12H23NO5S. The van der Waals surface area contributed by atoms with Crippen molar-refractivity contribution >= 4 is 16.0 Å². The average molecular weight is 293 g/mol. The number of carbonyl (C=O) groups excluding carboxylic acids is 1. The molecule has 7 heteroatoms. The number of sulfonamides is 1. The summed E-state index contributed by atoms with van der Waals surface area (Å²) in [6.45, 7) is 2.08. The van der Waals surface area contributed by atoms with Crippen molar-refractivity contribution in [1.82, 2.24) is 4.72 Å². The highest BCUT2D eigenvalue weighted by Gasteiger charge is 2.33. The van der Waals surface area contributed by atoms with Crippen LogP contribution < -0.4 is 4.72 Å². The van der Waals surface area contributed by atoms with Gasteiger partial charge in [-0.25, -0.2) is 13.1 Å². The minimum absolute atomic E-state index is 0.0389. The number of rotatable bonds is 6. The maximum Gasteiger partial charge on any atom is 0.322 e. The monoisotopic (exact) mass is 293 g/mol. The SMILES string of the molecule is CCC1CCC(O)(CNS(=O)(=O)CC(=O)OC)CC1. The van der Waals surface area contributed by atoms with Gasteiger partial charge in [0, 0.05) is 6.54 Å². The third-order valence-corrected chi connectivity index (χ3v) is 4.97. The minimum Gasteiger partial charge on any atom is -0.468 e. The number of aliphatic hydroxyl groups is 1. The average Bonchev–Trinajstić information content (AvgIpc) is 2.37. The van der Waals surface area contributed by atoms with Crippen molar-refractivity contribution in [3.63, 3.8) is 0 Å². The molecule has 0 aromatic rings. The van der Waals surface area contributed by atoms with Gasteiger partial charge in [-0.05, 0) is 31.6 Å². The second-order valence-corrected chi connectivity index (χ2v) is 7.04. The molecule has 19 heavy (non-hydrogen) atoms. The predicted molar refractivity (Wildman–Crippen MR) is 71.0 cm³/mol. The van der Waals surface area contributed by atoms with Crippen molar-refractivity contribution in [2.24, 2.45) is 5.92 Å². The van der Waals surface area contributed by atoms with Crippen molar-refractivity contribution < 1.29 is 23.1 Å². The van der Waals surface area contributed by atoms with E-state index in [1.54, 1.807) is 0 Å². The highest BCUT2D eigenvalue weighted by molar-refractivity contribution is 7.90. The topological polar surface area (TPSA) is 92.7 Å². The lowest BCUT2D eigenvalue weighted by molar-refractivity contribution is -0.137. The molecule has 0 saturated heterocycles. The molecule has 0 atom stereocenters. The summed E-state index contributed by atoms with van der Waals surface area (Å²) in [7, 11) is -2.60.